The Hall–Kier alpha value is -3.05. The van der Waals surface area contributed by atoms with Gasteiger partial charge in [-0.25, -0.2) is 0 Å². The van der Waals surface area contributed by atoms with Gasteiger partial charge in [-0.3, -0.25) is 19.3 Å². The molecule has 1 aliphatic heterocycles. The van der Waals surface area contributed by atoms with Gasteiger partial charge in [-0.05, 0) is 37.3 Å². The van der Waals surface area contributed by atoms with Crippen LogP contribution in [-0.2, 0) is 6.18 Å². The van der Waals surface area contributed by atoms with E-state index >= 15 is 0 Å². The van der Waals surface area contributed by atoms with Gasteiger partial charge in [0.2, 0.25) is 0 Å². The maximum Gasteiger partial charge on any atom is 0.417 e. The van der Waals surface area contributed by atoms with Crippen molar-refractivity contribution in [1.29, 1.82) is 0 Å². The highest BCUT2D eigenvalue weighted by molar-refractivity contribution is 7.59. The van der Waals surface area contributed by atoms with Crippen molar-refractivity contribution in [3.05, 3.63) is 70.8 Å². The number of nitrogens with one attached hydrogen (secondary N) is 1. The number of aromatic nitrogens is 3. The molecule has 2 aromatic heterocycles. The number of hydrogen-bond donors (Lipinski definition) is 1. The molecular formula is C20H17ClF3N5O2S. The SMILES string of the molecule is C[C@H]1CN(c2ccc(C(F)(F)F)c(Cl)c2)C(=O)c2c(C(=O)Nc3cccnc3)cnn21.S. The zero-order valence-electron chi connectivity index (χ0n) is 16.5. The first-order valence-electron chi connectivity index (χ1n) is 9.14. The van der Waals surface area contributed by atoms with Crippen LogP contribution in [0.3, 0.4) is 0 Å². The van der Waals surface area contributed by atoms with Crippen molar-refractivity contribution in [2.75, 3.05) is 16.8 Å². The van der Waals surface area contributed by atoms with Crippen molar-refractivity contribution in [1.82, 2.24) is 14.8 Å². The quantitative estimate of drug-likeness (QED) is 0.593. The van der Waals surface area contributed by atoms with Crippen molar-refractivity contribution in [3.63, 3.8) is 0 Å². The number of halogens is 4. The molecule has 3 heterocycles. The van der Waals surface area contributed by atoms with Crippen LogP contribution in [0, 0.1) is 0 Å². The van der Waals surface area contributed by atoms with Gasteiger partial charge < -0.3 is 10.2 Å². The van der Waals surface area contributed by atoms with Crippen LogP contribution in [0.1, 0.15) is 39.4 Å². The lowest BCUT2D eigenvalue weighted by atomic mass is 10.1. The minimum Gasteiger partial charge on any atom is -0.320 e. The van der Waals surface area contributed by atoms with Gasteiger partial charge in [0.15, 0.2) is 0 Å². The molecular weight excluding hydrogens is 467 g/mol. The summed E-state index contributed by atoms with van der Waals surface area (Å²) in [4.78, 5) is 31.1. The molecule has 2 amide bonds. The molecule has 12 heteroatoms. The highest BCUT2D eigenvalue weighted by Crippen LogP contribution is 2.37. The fourth-order valence-electron chi connectivity index (χ4n) is 3.39. The standard InChI is InChI=1S/C20H15ClF3N5O2.H2S/c1-11-10-28(13-4-5-15(16(21)7-13)20(22,23)24)19(31)17-14(9-26-29(11)17)18(30)27-12-3-2-6-25-8-12;/h2-9,11H,10H2,1H3,(H,27,30);1H2/t11-;/m0./s1. The lowest BCUT2D eigenvalue weighted by molar-refractivity contribution is -0.137. The molecule has 0 saturated heterocycles. The van der Waals surface area contributed by atoms with Crippen LogP contribution in [0.2, 0.25) is 5.02 Å². The monoisotopic (exact) mass is 483 g/mol. The Balaban J connectivity index is 0.00000289. The summed E-state index contributed by atoms with van der Waals surface area (Å²) in [5.74, 6) is -1.12. The van der Waals surface area contributed by atoms with Crippen LogP contribution in [-0.4, -0.2) is 33.1 Å². The van der Waals surface area contributed by atoms with Crippen LogP contribution in [0.4, 0.5) is 24.5 Å². The molecule has 7 nitrogen and oxygen atoms in total. The summed E-state index contributed by atoms with van der Waals surface area (Å²) in [5, 5.41) is 6.29. The molecule has 0 aliphatic carbocycles. The van der Waals surface area contributed by atoms with Gasteiger partial charge in [0.25, 0.3) is 11.8 Å². The van der Waals surface area contributed by atoms with Crippen molar-refractivity contribution in [3.8, 4) is 0 Å². The van der Waals surface area contributed by atoms with Gasteiger partial charge in [0.05, 0.1) is 40.3 Å². The smallest absolute Gasteiger partial charge is 0.320 e. The summed E-state index contributed by atoms with van der Waals surface area (Å²) in [6.45, 7) is 1.93. The number of benzene rings is 1. The number of anilines is 2. The Morgan fingerprint density at radius 2 is 2.00 bits per heavy atom. The number of carbonyl (C=O) groups is 2. The van der Waals surface area contributed by atoms with Crippen molar-refractivity contribution >= 4 is 48.3 Å². The molecule has 32 heavy (non-hydrogen) atoms. The third kappa shape index (κ3) is 4.30. The molecule has 1 aromatic carbocycles. The first-order valence-corrected chi connectivity index (χ1v) is 9.52. The molecule has 0 radical (unpaired) electrons. The second-order valence-electron chi connectivity index (χ2n) is 6.97. The van der Waals surface area contributed by atoms with E-state index in [1.165, 1.54) is 28.0 Å². The minimum absolute atomic E-state index is 0. The number of hydrogen-bond acceptors (Lipinski definition) is 4. The summed E-state index contributed by atoms with van der Waals surface area (Å²) in [6, 6.07) is 6.07. The largest absolute Gasteiger partial charge is 0.417 e. The average Bonchev–Trinajstić information content (AvgIpc) is 3.17. The summed E-state index contributed by atoms with van der Waals surface area (Å²) in [7, 11) is 0. The predicted molar refractivity (Wildman–Crippen MR) is 118 cm³/mol. The molecule has 0 unspecified atom stereocenters. The van der Waals surface area contributed by atoms with Gasteiger partial charge >= 0.3 is 6.18 Å². The third-order valence-electron chi connectivity index (χ3n) is 4.84. The summed E-state index contributed by atoms with van der Waals surface area (Å²) < 4.78 is 40.5. The number of amides is 2. The molecule has 0 bridgehead atoms. The summed E-state index contributed by atoms with van der Waals surface area (Å²) in [5.41, 5.74) is -0.271. The molecule has 3 aromatic rings. The van der Waals surface area contributed by atoms with Gasteiger partial charge in [-0.15, -0.1) is 0 Å². The maximum absolute atomic E-state index is 13.2. The number of nitrogens with zero attached hydrogens (tertiary/aromatic N) is 4. The molecule has 0 spiro atoms. The van der Waals surface area contributed by atoms with Crippen LogP contribution in [0.15, 0.2) is 48.9 Å². The lowest BCUT2D eigenvalue weighted by Gasteiger charge is -2.32. The van der Waals surface area contributed by atoms with Gasteiger partial charge in [0, 0.05) is 18.4 Å². The van der Waals surface area contributed by atoms with Gasteiger partial charge in [-0.2, -0.15) is 31.8 Å². The zero-order valence-corrected chi connectivity index (χ0v) is 18.3. The van der Waals surface area contributed by atoms with Crippen molar-refractivity contribution in [2.45, 2.75) is 19.1 Å². The zero-order chi connectivity index (χ0) is 22.3. The lowest BCUT2D eigenvalue weighted by Crippen LogP contribution is -2.43. The van der Waals surface area contributed by atoms with Crippen LogP contribution in [0.5, 0.6) is 0 Å². The molecule has 0 fully saturated rings. The van der Waals surface area contributed by atoms with Crippen LogP contribution in [0.25, 0.3) is 0 Å². The summed E-state index contributed by atoms with van der Waals surface area (Å²) >= 11 is 5.82. The fraction of sp³-hybridized carbons (Fsp3) is 0.200. The second kappa shape index (κ2) is 8.83. The normalized spacial score (nSPS) is 15.7. The number of carbonyl (C=O) groups excluding carboxylic acids is 2. The van der Waals surface area contributed by atoms with E-state index in [0.717, 1.165) is 12.1 Å². The van der Waals surface area contributed by atoms with E-state index < -0.39 is 28.6 Å². The molecule has 0 saturated carbocycles. The Morgan fingerprint density at radius 3 is 2.62 bits per heavy atom. The Kier molecular flexibility index (Phi) is 6.51. The average molecular weight is 484 g/mol. The minimum atomic E-state index is -4.61. The first-order chi connectivity index (χ1) is 14.7. The van der Waals surface area contributed by atoms with E-state index in [-0.39, 0.29) is 43.0 Å². The van der Waals surface area contributed by atoms with E-state index in [4.69, 9.17) is 11.6 Å². The first kappa shape index (κ1) is 23.6. The molecule has 1 aliphatic rings. The highest BCUT2D eigenvalue weighted by Gasteiger charge is 2.37. The van der Waals surface area contributed by atoms with E-state index in [1.54, 1.807) is 25.3 Å². The van der Waals surface area contributed by atoms with E-state index in [2.05, 4.69) is 15.4 Å². The van der Waals surface area contributed by atoms with Crippen molar-refractivity contribution in [2.24, 2.45) is 0 Å². The molecule has 1 atom stereocenters. The molecule has 4 rings (SSSR count). The van der Waals surface area contributed by atoms with Crippen molar-refractivity contribution < 1.29 is 22.8 Å². The van der Waals surface area contributed by atoms with Gasteiger partial charge in [-0.1, -0.05) is 11.6 Å². The van der Waals surface area contributed by atoms with E-state index in [9.17, 15) is 22.8 Å². The Morgan fingerprint density at radius 1 is 1.25 bits per heavy atom. The Labute approximate surface area is 192 Å². The van der Waals surface area contributed by atoms with E-state index in [0.29, 0.717) is 5.69 Å². The van der Waals surface area contributed by atoms with E-state index in [1.807, 2.05) is 0 Å². The predicted octanol–water partition coefficient (Wildman–Crippen LogP) is 4.54. The topological polar surface area (TPSA) is 80.1 Å². The number of pyridine rings is 1. The van der Waals surface area contributed by atoms with Crippen LogP contribution < -0.4 is 10.2 Å². The number of alkyl halides is 3. The van der Waals surface area contributed by atoms with Crippen LogP contribution >= 0.6 is 25.1 Å². The third-order valence-corrected chi connectivity index (χ3v) is 5.15. The molecule has 168 valence electrons. The fourth-order valence-corrected chi connectivity index (χ4v) is 3.67. The highest BCUT2D eigenvalue weighted by atomic mass is 35.5. The number of fused-ring (bicyclic) bond motifs is 1. The van der Waals surface area contributed by atoms with Gasteiger partial charge in [0.1, 0.15) is 5.69 Å². The Bertz CT molecular complexity index is 1170. The maximum atomic E-state index is 13.2. The molecule has 1 N–H and O–H groups in total. The second-order valence-corrected chi connectivity index (χ2v) is 7.38. The summed E-state index contributed by atoms with van der Waals surface area (Å²) in [6.07, 6.45) is -0.311. The number of rotatable bonds is 3.